The first kappa shape index (κ1) is 45.2. The molecule has 64 heavy (non-hydrogen) atoms. The SMILES string of the molecule is CCCc1ccc2[cH-]c(-c3ccccc3)cc2c1-c1ccccc1.CCCc1ccc2[cH-]c(-c3ccccc3)cc2c1-c1ccccc1.[Cl][Zr][Cl].[c-]1cccc2c1[Si]c1ccccc1-2. The van der Waals surface area contributed by atoms with E-state index in [9.17, 15) is 0 Å². The number of hydrogen-bond acceptors (Lipinski definition) is 0. The van der Waals surface area contributed by atoms with Gasteiger partial charge in [-0.2, -0.15) is 29.5 Å². The predicted octanol–water partition coefficient (Wildman–Crippen LogP) is 16.2. The van der Waals surface area contributed by atoms with Gasteiger partial charge in [-0.05, 0) is 35.1 Å². The molecule has 0 spiro atoms. The summed E-state index contributed by atoms with van der Waals surface area (Å²) in [6.07, 6.45) is 4.56. The molecule has 0 fully saturated rings. The molecule has 1 heterocycles. The van der Waals surface area contributed by atoms with Crippen LogP contribution in [0.25, 0.3) is 77.2 Å². The van der Waals surface area contributed by atoms with E-state index in [1.807, 2.05) is 6.07 Å². The van der Waals surface area contributed by atoms with Gasteiger partial charge >= 0.3 is 37.9 Å². The molecular weight excluding hydrogens is 911 g/mol. The molecule has 0 nitrogen and oxygen atoms in total. The molecule has 0 amide bonds. The van der Waals surface area contributed by atoms with Crippen LogP contribution in [-0.4, -0.2) is 9.52 Å². The summed E-state index contributed by atoms with van der Waals surface area (Å²) in [6, 6.07) is 79.6. The van der Waals surface area contributed by atoms with Crippen LogP contribution in [0.4, 0.5) is 0 Å². The molecule has 0 bridgehead atoms. The fraction of sp³-hybridized carbons (Fsp3) is 0.100. The van der Waals surface area contributed by atoms with Gasteiger partial charge in [-0.1, -0.05) is 217 Å². The number of rotatable bonds is 8. The molecule has 0 atom stereocenters. The van der Waals surface area contributed by atoms with Crippen LogP contribution in [-0.2, 0) is 33.7 Å². The van der Waals surface area contributed by atoms with Crippen LogP contribution in [0.15, 0.2) is 212 Å². The summed E-state index contributed by atoms with van der Waals surface area (Å²) in [5.41, 5.74) is 16.3. The van der Waals surface area contributed by atoms with E-state index in [0.29, 0.717) is 0 Å². The number of hydrogen-bond donors (Lipinski definition) is 0. The predicted molar refractivity (Wildman–Crippen MR) is 276 cm³/mol. The van der Waals surface area contributed by atoms with Crippen molar-refractivity contribution in [1.29, 1.82) is 0 Å². The zero-order chi connectivity index (χ0) is 44.1. The van der Waals surface area contributed by atoms with Crippen molar-refractivity contribution in [3.05, 3.63) is 230 Å². The third-order valence-corrected chi connectivity index (χ3v) is 13.0. The monoisotopic (exact) mass is 957 g/mol. The Balaban J connectivity index is 0.000000132. The molecule has 10 aromatic rings. The van der Waals surface area contributed by atoms with Crippen LogP contribution < -0.4 is 10.4 Å². The summed E-state index contributed by atoms with van der Waals surface area (Å²) < 4.78 is 0. The van der Waals surface area contributed by atoms with Crippen molar-refractivity contribution in [3.63, 3.8) is 0 Å². The first-order valence-corrected chi connectivity index (χ1v) is 29.4. The molecule has 1 aliphatic rings. The van der Waals surface area contributed by atoms with Gasteiger partial charge in [-0.25, -0.2) is 0 Å². The normalized spacial score (nSPS) is 11.0. The number of benzene rings is 8. The van der Waals surface area contributed by atoms with Gasteiger partial charge in [-0.3, -0.25) is 0 Å². The van der Waals surface area contributed by atoms with Gasteiger partial charge < -0.3 is 0 Å². The average Bonchev–Trinajstić information content (AvgIpc) is 4.10. The molecule has 4 heteroatoms. The van der Waals surface area contributed by atoms with Gasteiger partial charge in [0.2, 0.25) is 0 Å². The van der Waals surface area contributed by atoms with E-state index in [2.05, 4.69) is 226 Å². The van der Waals surface area contributed by atoms with Gasteiger partial charge in [-0.15, -0.1) is 74.6 Å². The van der Waals surface area contributed by atoms with Gasteiger partial charge in [0.25, 0.3) is 0 Å². The van der Waals surface area contributed by atoms with Crippen LogP contribution in [0.1, 0.15) is 37.8 Å². The van der Waals surface area contributed by atoms with Crippen LogP contribution in [0.3, 0.4) is 0 Å². The molecule has 0 saturated carbocycles. The first-order chi connectivity index (χ1) is 31.6. The smallest absolute Gasteiger partial charge is 0.0920 e. The Morgan fingerprint density at radius 1 is 0.469 bits per heavy atom. The molecule has 0 unspecified atom stereocenters. The summed E-state index contributed by atoms with van der Waals surface area (Å²) in [5, 5.41) is 8.21. The number of halogens is 2. The second-order valence-corrected chi connectivity index (χ2v) is 20.9. The fourth-order valence-electron chi connectivity index (χ4n) is 8.82. The topological polar surface area (TPSA) is 0 Å². The summed E-state index contributed by atoms with van der Waals surface area (Å²) in [7, 11) is 10.7. The third kappa shape index (κ3) is 10.6. The maximum Gasteiger partial charge on any atom is 0.0920 e. The molecule has 11 rings (SSSR count). The molecule has 10 aromatic carbocycles. The van der Waals surface area contributed by atoms with Crippen LogP contribution in [0.5, 0.6) is 0 Å². The Bertz CT molecular complexity index is 2820. The van der Waals surface area contributed by atoms with Crippen molar-refractivity contribution in [2.24, 2.45) is 0 Å². The van der Waals surface area contributed by atoms with E-state index in [1.165, 1.54) is 98.7 Å². The number of fused-ring (bicyclic) bond motifs is 5. The second-order valence-electron chi connectivity index (χ2n) is 15.9. The molecular formula is C60H49Cl2SiZr-3. The molecule has 0 aromatic heterocycles. The standard InChI is InChI=1S/2C24H21.C12H7Si.2ClH.Zr/c2*1-2-9-19-14-15-21-16-22(18-10-5-3-6-11-18)17-23(21)24(19)20-12-7-4-8-13-20;1-3-7-11-9(5-1)10-6-2-4-8-12(10)13-11;;;/h2*3-8,10-17H,2,9H2,1H3;1-7H;2*1H;/q3*-1;;;+2/p-2. The van der Waals surface area contributed by atoms with E-state index >= 15 is 0 Å². The Kier molecular flexibility index (Phi) is 15.9. The summed E-state index contributed by atoms with van der Waals surface area (Å²) >= 11 is -0.826. The summed E-state index contributed by atoms with van der Waals surface area (Å²) in [4.78, 5) is 0. The first-order valence-electron chi connectivity index (χ1n) is 22.1. The van der Waals surface area contributed by atoms with Crippen molar-refractivity contribution >= 4 is 58.5 Å². The van der Waals surface area contributed by atoms with Crippen molar-refractivity contribution in [2.75, 3.05) is 0 Å². The summed E-state index contributed by atoms with van der Waals surface area (Å²) in [6.45, 7) is 4.50. The fourth-order valence-corrected chi connectivity index (χ4v) is 10.1. The largest absolute Gasteiger partial charge is 0.184 e. The minimum absolute atomic E-state index is 0.795. The van der Waals surface area contributed by atoms with Gasteiger partial charge in [0, 0.05) is 0 Å². The second kappa shape index (κ2) is 22.5. The molecule has 0 N–H and O–H groups in total. The Hall–Kier alpha value is -5.34. The molecule has 0 aliphatic carbocycles. The van der Waals surface area contributed by atoms with Crippen LogP contribution in [0.2, 0.25) is 0 Å². The van der Waals surface area contributed by atoms with Crippen molar-refractivity contribution < 1.29 is 20.8 Å². The Morgan fingerprint density at radius 2 is 0.875 bits per heavy atom. The maximum atomic E-state index is 4.93. The molecule has 0 saturated heterocycles. The van der Waals surface area contributed by atoms with Crippen molar-refractivity contribution in [1.82, 2.24) is 0 Å². The van der Waals surface area contributed by atoms with Gasteiger partial charge in [0.15, 0.2) is 0 Å². The van der Waals surface area contributed by atoms with Crippen molar-refractivity contribution in [3.8, 4) is 55.6 Å². The van der Waals surface area contributed by atoms with Crippen LogP contribution >= 0.6 is 17.0 Å². The van der Waals surface area contributed by atoms with E-state index in [-0.39, 0.29) is 0 Å². The third-order valence-electron chi connectivity index (χ3n) is 11.7. The van der Waals surface area contributed by atoms with E-state index in [1.54, 1.807) is 0 Å². The van der Waals surface area contributed by atoms with Crippen LogP contribution in [0, 0.1) is 6.07 Å². The zero-order valence-corrected chi connectivity index (χ0v) is 41.3. The van der Waals surface area contributed by atoms with Crippen molar-refractivity contribution in [2.45, 2.75) is 39.5 Å². The maximum absolute atomic E-state index is 4.93. The zero-order valence-electron chi connectivity index (χ0n) is 36.3. The van der Waals surface area contributed by atoms with E-state index in [0.717, 1.165) is 35.2 Å². The minimum atomic E-state index is -0.826. The average molecular weight is 960 g/mol. The summed E-state index contributed by atoms with van der Waals surface area (Å²) in [5.74, 6) is 0. The Labute approximate surface area is 400 Å². The van der Waals surface area contributed by atoms with Gasteiger partial charge in [0.05, 0.1) is 9.52 Å². The van der Waals surface area contributed by atoms with Gasteiger partial charge in [0.1, 0.15) is 0 Å². The Morgan fingerprint density at radius 3 is 1.33 bits per heavy atom. The number of aryl methyl sites for hydroxylation is 2. The quantitative estimate of drug-likeness (QED) is 0.105. The molecule has 1 aliphatic heterocycles. The molecule has 314 valence electrons. The minimum Gasteiger partial charge on any atom is -0.184 e. The van der Waals surface area contributed by atoms with E-state index in [4.69, 9.17) is 17.0 Å². The molecule has 2 radical (unpaired) electrons. The van der Waals surface area contributed by atoms with E-state index < -0.39 is 20.8 Å².